The number of carboxylic acid groups (broad SMARTS) is 1. The first kappa shape index (κ1) is 10.5. The summed E-state index contributed by atoms with van der Waals surface area (Å²) in [6.45, 7) is 2.14. The van der Waals surface area contributed by atoms with Crippen molar-refractivity contribution in [3.8, 4) is 0 Å². The fraction of sp³-hybridized carbons (Fsp3) is 0.889. The number of carbonyl (C=O) groups is 1. The molecule has 0 spiro atoms. The normalized spacial score (nSPS) is 23.6. The number of ether oxygens (including phenoxy) is 1. The topological polar surface area (TPSA) is 49.8 Å². The first-order chi connectivity index (χ1) is 6.20. The van der Waals surface area contributed by atoms with Crippen molar-refractivity contribution in [3.63, 3.8) is 0 Å². The van der Waals surface area contributed by atoms with Gasteiger partial charge in [-0.1, -0.05) is 0 Å². The molecule has 1 aliphatic rings. The zero-order valence-electron chi connectivity index (χ0n) is 8.03. The predicted octanol–water partition coefficient (Wildman–Crippen LogP) is 0.572. The number of carboxylic acids is 1. The summed E-state index contributed by atoms with van der Waals surface area (Å²) >= 11 is 0. The maximum Gasteiger partial charge on any atom is 0.305 e. The van der Waals surface area contributed by atoms with Crippen LogP contribution < -0.4 is 0 Å². The minimum atomic E-state index is -0.792. The maximum atomic E-state index is 10.2. The lowest BCUT2D eigenvalue weighted by Gasteiger charge is -2.18. The smallest absolute Gasteiger partial charge is 0.305 e. The van der Waals surface area contributed by atoms with Gasteiger partial charge in [0.05, 0.1) is 19.6 Å². The first-order valence-corrected chi connectivity index (χ1v) is 4.70. The molecule has 4 heteroatoms. The van der Waals surface area contributed by atoms with Crippen molar-refractivity contribution < 1.29 is 14.6 Å². The summed E-state index contributed by atoms with van der Waals surface area (Å²) in [5.41, 5.74) is 0. The summed E-state index contributed by atoms with van der Waals surface area (Å²) < 4.78 is 5.28. The molecule has 1 atom stereocenters. The van der Waals surface area contributed by atoms with Gasteiger partial charge in [0.1, 0.15) is 0 Å². The average molecular weight is 187 g/mol. The number of hydrogen-bond donors (Lipinski definition) is 1. The van der Waals surface area contributed by atoms with Crippen molar-refractivity contribution >= 4 is 5.97 Å². The Morgan fingerprint density at radius 1 is 1.69 bits per heavy atom. The Labute approximate surface area is 78.5 Å². The van der Waals surface area contributed by atoms with Gasteiger partial charge in [-0.25, -0.2) is 0 Å². The first-order valence-electron chi connectivity index (χ1n) is 4.70. The third kappa shape index (κ3) is 3.74. The second-order valence-corrected chi connectivity index (χ2v) is 3.50. The number of likely N-dealkylation sites (tertiary alicyclic amines) is 1. The van der Waals surface area contributed by atoms with Crippen LogP contribution in [0.25, 0.3) is 0 Å². The Morgan fingerprint density at radius 2 is 2.46 bits per heavy atom. The lowest BCUT2D eigenvalue weighted by Crippen LogP contribution is -2.29. The fourth-order valence-corrected chi connectivity index (χ4v) is 1.57. The van der Waals surface area contributed by atoms with Crippen LogP contribution in [0, 0.1) is 0 Å². The summed E-state index contributed by atoms with van der Waals surface area (Å²) in [4.78, 5) is 12.4. The summed E-state index contributed by atoms with van der Waals surface area (Å²) in [6.07, 6.45) is 2.50. The Kier molecular flexibility index (Phi) is 4.18. The van der Waals surface area contributed by atoms with E-state index in [0.29, 0.717) is 19.3 Å². The van der Waals surface area contributed by atoms with Crippen molar-refractivity contribution in [2.45, 2.75) is 25.3 Å². The van der Waals surface area contributed by atoms with Crippen LogP contribution in [0.1, 0.15) is 19.3 Å². The van der Waals surface area contributed by atoms with Crippen molar-refractivity contribution in [3.05, 3.63) is 0 Å². The van der Waals surface area contributed by atoms with Gasteiger partial charge in [-0.15, -0.1) is 0 Å². The molecule has 1 fully saturated rings. The van der Waals surface area contributed by atoms with Gasteiger partial charge in [0.2, 0.25) is 0 Å². The predicted molar refractivity (Wildman–Crippen MR) is 48.7 cm³/mol. The van der Waals surface area contributed by atoms with Crippen LogP contribution in [0.3, 0.4) is 0 Å². The van der Waals surface area contributed by atoms with Crippen LogP contribution in [0.4, 0.5) is 0 Å². The van der Waals surface area contributed by atoms with Crippen molar-refractivity contribution in [1.29, 1.82) is 0 Å². The summed E-state index contributed by atoms with van der Waals surface area (Å²) in [5.74, 6) is -0.792. The van der Waals surface area contributed by atoms with E-state index in [-0.39, 0.29) is 6.42 Å². The number of rotatable bonds is 5. The summed E-state index contributed by atoms with van der Waals surface area (Å²) in [6, 6.07) is 0.494. The van der Waals surface area contributed by atoms with E-state index < -0.39 is 5.97 Å². The van der Waals surface area contributed by atoms with Gasteiger partial charge in [0.25, 0.3) is 0 Å². The van der Waals surface area contributed by atoms with Crippen molar-refractivity contribution in [2.75, 3.05) is 26.8 Å². The minimum absolute atomic E-state index is 0.108. The van der Waals surface area contributed by atoms with E-state index in [1.165, 1.54) is 12.8 Å². The number of nitrogens with zero attached hydrogens (tertiary/aromatic N) is 1. The van der Waals surface area contributed by atoms with Crippen LogP contribution in [-0.2, 0) is 9.53 Å². The minimum Gasteiger partial charge on any atom is -0.481 e. The molecule has 1 heterocycles. The van der Waals surface area contributed by atoms with Crippen LogP contribution in [0.15, 0.2) is 0 Å². The molecule has 13 heavy (non-hydrogen) atoms. The van der Waals surface area contributed by atoms with Gasteiger partial charge < -0.3 is 14.7 Å². The third-order valence-corrected chi connectivity index (χ3v) is 2.44. The van der Waals surface area contributed by atoms with E-state index in [1.54, 1.807) is 0 Å². The molecule has 1 unspecified atom stereocenters. The highest BCUT2D eigenvalue weighted by atomic mass is 16.5. The standard InChI is InChI=1S/C9H17NO3/c1-10-5-2-3-8(10)7-13-6-4-9(11)12/h8H,2-7H2,1H3,(H,11,12). The molecular formula is C9H17NO3. The highest BCUT2D eigenvalue weighted by Crippen LogP contribution is 2.14. The molecule has 0 aromatic heterocycles. The number of likely N-dealkylation sites (N-methyl/N-ethyl adjacent to an activating group) is 1. The second kappa shape index (κ2) is 5.19. The highest BCUT2D eigenvalue weighted by molar-refractivity contribution is 5.66. The summed E-state index contributed by atoms with van der Waals surface area (Å²) in [7, 11) is 2.08. The zero-order valence-corrected chi connectivity index (χ0v) is 8.03. The average Bonchev–Trinajstić information content (AvgIpc) is 2.45. The molecule has 1 N–H and O–H groups in total. The Balaban J connectivity index is 2.02. The lowest BCUT2D eigenvalue weighted by atomic mass is 10.2. The Hall–Kier alpha value is -0.610. The van der Waals surface area contributed by atoms with E-state index >= 15 is 0 Å². The molecule has 0 saturated carbocycles. The van der Waals surface area contributed by atoms with Crippen LogP contribution in [-0.4, -0.2) is 48.8 Å². The molecular weight excluding hydrogens is 170 g/mol. The van der Waals surface area contributed by atoms with Gasteiger partial charge in [-0.3, -0.25) is 4.79 Å². The number of hydrogen-bond acceptors (Lipinski definition) is 3. The highest BCUT2D eigenvalue weighted by Gasteiger charge is 2.20. The number of aliphatic carboxylic acids is 1. The molecule has 0 radical (unpaired) electrons. The lowest BCUT2D eigenvalue weighted by molar-refractivity contribution is -0.138. The molecule has 0 aliphatic carbocycles. The summed E-state index contributed by atoms with van der Waals surface area (Å²) in [5, 5.41) is 8.37. The van der Waals surface area contributed by atoms with Crippen LogP contribution in [0.5, 0.6) is 0 Å². The van der Waals surface area contributed by atoms with E-state index in [0.717, 1.165) is 6.54 Å². The van der Waals surface area contributed by atoms with Gasteiger partial charge in [0.15, 0.2) is 0 Å². The molecule has 1 aliphatic heterocycles. The molecule has 4 nitrogen and oxygen atoms in total. The molecule has 0 aromatic carbocycles. The second-order valence-electron chi connectivity index (χ2n) is 3.50. The SMILES string of the molecule is CN1CCCC1COCCC(=O)O. The monoisotopic (exact) mass is 187 g/mol. The van der Waals surface area contributed by atoms with Gasteiger partial charge in [0, 0.05) is 6.04 Å². The largest absolute Gasteiger partial charge is 0.481 e. The van der Waals surface area contributed by atoms with E-state index in [9.17, 15) is 4.79 Å². The molecule has 1 saturated heterocycles. The Morgan fingerprint density at radius 3 is 3.00 bits per heavy atom. The van der Waals surface area contributed by atoms with Crippen molar-refractivity contribution in [1.82, 2.24) is 4.90 Å². The van der Waals surface area contributed by atoms with Gasteiger partial charge >= 0.3 is 5.97 Å². The third-order valence-electron chi connectivity index (χ3n) is 2.44. The Bertz CT molecular complexity index is 172. The van der Waals surface area contributed by atoms with E-state index in [1.807, 2.05) is 0 Å². The molecule has 0 amide bonds. The quantitative estimate of drug-likeness (QED) is 0.639. The van der Waals surface area contributed by atoms with Crippen LogP contribution in [0.2, 0.25) is 0 Å². The van der Waals surface area contributed by atoms with Gasteiger partial charge in [-0.05, 0) is 26.4 Å². The molecule has 0 aromatic rings. The van der Waals surface area contributed by atoms with Crippen molar-refractivity contribution in [2.24, 2.45) is 0 Å². The van der Waals surface area contributed by atoms with E-state index in [2.05, 4.69) is 11.9 Å². The molecule has 0 bridgehead atoms. The van der Waals surface area contributed by atoms with E-state index in [4.69, 9.17) is 9.84 Å². The van der Waals surface area contributed by atoms with Crippen LogP contribution >= 0.6 is 0 Å². The van der Waals surface area contributed by atoms with Gasteiger partial charge in [-0.2, -0.15) is 0 Å². The maximum absolute atomic E-state index is 10.2. The zero-order chi connectivity index (χ0) is 9.68. The molecule has 76 valence electrons. The fourth-order valence-electron chi connectivity index (χ4n) is 1.57. The molecule has 1 rings (SSSR count).